The Labute approximate surface area is 95.1 Å². The summed E-state index contributed by atoms with van der Waals surface area (Å²) in [5.74, 6) is 0. The van der Waals surface area contributed by atoms with Gasteiger partial charge in [0.05, 0.1) is 18.2 Å². The lowest BCUT2D eigenvalue weighted by molar-refractivity contribution is 0.231. The van der Waals surface area contributed by atoms with Crippen molar-refractivity contribution in [3.05, 3.63) is 21.8 Å². The van der Waals surface area contributed by atoms with Gasteiger partial charge in [-0.3, -0.25) is 0 Å². The monoisotopic (exact) mass is 303 g/mol. The summed E-state index contributed by atoms with van der Waals surface area (Å²) in [7, 11) is 0. The van der Waals surface area contributed by atoms with Crippen molar-refractivity contribution in [2.45, 2.75) is 13.0 Å². The zero-order valence-corrected chi connectivity index (χ0v) is 9.84. The van der Waals surface area contributed by atoms with Gasteiger partial charge in [0.25, 0.3) is 0 Å². The zero-order chi connectivity index (χ0) is 10.1. The molecule has 0 fully saturated rings. The Kier molecular flexibility index (Phi) is 2.69. The maximum absolute atomic E-state index is 9.04. The first-order chi connectivity index (χ1) is 6.72. The zero-order valence-electron chi connectivity index (χ0n) is 7.68. The van der Waals surface area contributed by atoms with Crippen molar-refractivity contribution < 1.29 is 5.11 Å². The highest BCUT2D eigenvalue weighted by molar-refractivity contribution is 14.1. The molecule has 0 bridgehead atoms. The lowest BCUT2D eigenvalue weighted by atomic mass is 10.3. The van der Waals surface area contributed by atoms with Crippen LogP contribution in [0.15, 0.2) is 18.2 Å². The highest BCUT2D eigenvalue weighted by Gasteiger charge is 2.09. The number of fused-ring (bicyclic) bond motifs is 1. The van der Waals surface area contributed by atoms with Crippen LogP contribution >= 0.6 is 22.6 Å². The Morgan fingerprint density at radius 3 is 3.07 bits per heavy atom. The first kappa shape index (κ1) is 9.85. The lowest BCUT2D eigenvalue weighted by Crippen LogP contribution is -2.10. The summed E-state index contributed by atoms with van der Waals surface area (Å²) >= 11 is 2.25. The molecular weight excluding hydrogens is 293 g/mol. The van der Waals surface area contributed by atoms with Crippen molar-refractivity contribution in [3.63, 3.8) is 0 Å². The van der Waals surface area contributed by atoms with Gasteiger partial charge < -0.3 is 5.11 Å². The smallest absolute Gasteiger partial charge is 0.113 e. The van der Waals surface area contributed by atoms with Gasteiger partial charge in [-0.1, -0.05) is 5.21 Å². The standard InChI is InChI=1S/C9H10IN3O/c1-6(5-14)13-9-4-7(10)2-3-8(9)11-12-13/h2-4,6,14H,5H2,1H3. The highest BCUT2D eigenvalue weighted by atomic mass is 127. The minimum absolute atomic E-state index is 0.0294. The second kappa shape index (κ2) is 3.82. The largest absolute Gasteiger partial charge is 0.394 e. The molecule has 0 spiro atoms. The third-order valence-corrected chi connectivity index (χ3v) is 2.79. The lowest BCUT2D eigenvalue weighted by Gasteiger charge is -2.08. The summed E-state index contributed by atoms with van der Waals surface area (Å²) in [6.45, 7) is 1.98. The molecule has 0 amide bonds. The number of benzene rings is 1. The predicted molar refractivity (Wildman–Crippen MR) is 62.0 cm³/mol. The Morgan fingerprint density at radius 2 is 2.36 bits per heavy atom. The molecule has 0 aliphatic carbocycles. The van der Waals surface area contributed by atoms with Crippen LogP contribution in [0.4, 0.5) is 0 Å². The molecule has 0 aliphatic heterocycles. The number of hydrogen-bond donors (Lipinski definition) is 1. The quantitative estimate of drug-likeness (QED) is 0.857. The maximum atomic E-state index is 9.04. The first-order valence-corrected chi connectivity index (χ1v) is 5.41. The predicted octanol–water partition coefficient (Wildman–Crippen LogP) is 1.59. The Hall–Kier alpha value is -0.690. The topological polar surface area (TPSA) is 50.9 Å². The van der Waals surface area contributed by atoms with E-state index in [4.69, 9.17) is 5.11 Å². The minimum atomic E-state index is -0.0294. The van der Waals surface area contributed by atoms with E-state index in [1.54, 1.807) is 4.68 Å². The normalized spacial score (nSPS) is 13.4. The summed E-state index contributed by atoms with van der Waals surface area (Å²) < 4.78 is 2.89. The fraction of sp³-hybridized carbons (Fsp3) is 0.333. The molecule has 1 aromatic carbocycles. The average molecular weight is 303 g/mol. The summed E-state index contributed by atoms with van der Waals surface area (Å²) in [6.07, 6.45) is 0. The second-order valence-corrected chi connectivity index (χ2v) is 4.44. The molecular formula is C9H10IN3O. The summed E-state index contributed by atoms with van der Waals surface area (Å²) in [5.41, 5.74) is 1.84. The maximum Gasteiger partial charge on any atom is 0.113 e. The van der Waals surface area contributed by atoms with Crippen LogP contribution in [-0.2, 0) is 0 Å². The minimum Gasteiger partial charge on any atom is -0.394 e. The molecule has 1 N–H and O–H groups in total. The number of aliphatic hydroxyl groups excluding tert-OH is 1. The molecule has 5 heteroatoms. The Bertz CT molecular complexity index is 454. The van der Waals surface area contributed by atoms with Crippen LogP contribution in [-0.4, -0.2) is 26.7 Å². The van der Waals surface area contributed by atoms with Crippen molar-refractivity contribution in [3.8, 4) is 0 Å². The van der Waals surface area contributed by atoms with Crippen LogP contribution in [0.25, 0.3) is 11.0 Å². The first-order valence-electron chi connectivity index (χ1n) is 4.33. The van der Waals surface area contributed by atoms with Gasteiger partial charge in [-0.2, -0.15) is 0 Å². The fourth-order valence-electron chi connectivity index (χ4n) is 1.31. The summed E-state index contributed by atoms with van der Waals surface area (Å²) in [4.78, 5) is 0. The van der Waals surface area contributed by atoms with Gasteiger partial charge in [-0.25, -0.2) is 4.68 Å². The molecule has 14 heavy (non-hydrogen) atoms. The molecule has 74 valence electrons. The van der Waals surface area contributed by atoms with E-state index in [0.29, 0.717) is 0 Å². The van der Waals surface area contributed by atoms with Crippen LogP contribution < -0.4 is 0 Å². The van der Waals surface area contributed by atoms with Gasteiger partial charge in [-0.15, -0.1) is 5.10 Å². The van der Waals surface area contributed by atoms with Crippen molar-refractivity contribution in [1.82, 2.24) is 15.0 Å². The number of nitrogens with zero attached hydrogens (tertiary/aromatic N) is 3. The van der Waals surface area contributed by atoms with E-state index in [0.717, 1.165) is 14.6 Å². The van der Waals surface area contributed by atoms with Gasteiger partial charge in [-0.05, 0) is 47.7 Å². The van der Waals surface area contributed by atoms with Crippen molar-refractivity contribution in [2.75, 3.05) is 6.61 Å². The van der Waals surface area contributed by atoms with Gasteiger partial charge in [0.2, 0.25) is 0 Å². The molecule has 4 nitrogen and oxygen atoms in total. The number of hydrogen-bond acceptors (Lipinski definition) is 3. The number of aromatic nitrogens is 3. The van der Waals surface area contributed by atoms with Crippen molar-refractivity contribution >= 4 is 33.6 Å². The molecule has 1 unspecified atom stereocenters. The molecule has 1 heterocycles. The van der Waals surface area contributed by atoms with E-state index >= 15 is 0 Å². The second-order valence-electron chi connectivity index (χ2n) is 3.20. The van der Waals surface area contributed by atoms with Crippen LogP contribution in [0.5, 0.6) is 0 Å². The van der Waals surface area contributed by atoms with Crippen LogP contribution in [0.2, 0.25) is 0 Å². The Balaban J connectivity index is 2.61. The third-order valence-electron chi connectivity index (χ3n) is 2.11. The molecule has 2 rings (SSSR count). The molecule has 1 atom stereocenters. The van der Waals surface area contributed by atoms with E-state index in [9.17, 15) is 0 Å². The van der Waals surface area contributed by atoms with Gasteiger partial charge >= 0.3 is 0 Å². The van der Waals surface area contributed by atoms with E-state index in [1.807, 2.05) is 25.1 Å². The van der Waals surface area contributed by atoms with E-state index < -0.39 is 0 Å². The fourth-order valence-corrected chi connectivity index (χ4v) is 1.79. The van der Waals surface area contributed by atoms with E-state index in [-0.39, 0.29) is 12.6 Å². The SMILES string of the molecule is CC(CO)n1nnc2ccc(I)cc21. The van der Waals surface area contributed by atoms with Crippen molar-refractivity contribution in [2.24, 2.45) is 0 Å². The van der Waals surface area contributed by atoms with Crippen LogP contribution in [0.1, 0.15) is 13.0 Å². The van der Waals surface area contributed by atoms with E-state index in [2.05, 4.69) is 32.9 Å². The molecule has 0 radical (unpaired) electrons. The van der Waals surface area contributed by atoms with Gasteiger partial charge in [0.1, 0.15) is 5.52 Å². The average Bonchev–Trinajstić information content (AvgIpc) is 2.59. The number of aliphatic hydroxyl groups is 1. The van der Waals surface area contributed by atoms with Gasteiger partial charge in [0, 0.05) is 3.57 Å². The Morgan fingerprint density at radius 1 is 1.57 bits per heavy atom. The molecule has 0 saturated carbocycles. The molecule has 2 aromatic rings. The number of rotatable bonds is 2. The third kappa shape index (κ3) is 1.61. The van der Waals surface area contributed by atoms with Gasteiger partial charge in [0.15, 0.2) is 0 Å². The van der Waals surface area contributed by atoms with Crippen LogP contribution in [0, 0.1) is 3.57 Å². The molecule has 0 saturated heterocycles. The number of halogens is 1. The highest BCUT2D eigenvalue weighted by Crippen LogP contribution is 2.17. The summed E-state index contributed by atoms with van der Waals surface area (Å²) in [6, 6.07) is 5.91. The summed E-state index contributed by atoms with van der Waals surface area (Å²) in [5, 5.41) is 17.1. The molecule has 1 aromatic heterocycles. The molecule has 0 aliphatic rings. The van der Waals surface area contributed by atoms with Crippen LogP contribution in [0.3, 0.4) is 0 Å². The van der Waals surface area contributed by atoms with E-state index in [1.165, 1.54) is 0 Å². The van der Waals surface area contributed by atoms with Crippen molar-refractivity contribution in [1.29, 1.82) is 0 Å².